The summed E-state index contributed by atoms with van der Waals surface area (Å²) in [5.74, 6) is 0.229. The van der Waals surface area contributed by atoms with Crippen LogP contribution in [0.3, 0.4) is 0 Å². The zero-order valence-corrected chi connectivity index (χ0v) is 11.5. The summed E-state index contributed by atoms with van der Waals surface area (Å²) in [6, 6.07) is 8.00. The molecule has 1 fully saturated rings. The van der Waals surface area contributed by atoms with Crippen LogP contribution in [0, 0.1) is 5.41 Å². The van der Waals surface area contributed by atoms with Crippen molar-refractivity contribution in [3.63, 3.8) is 0 Å². The molecule has 1 saturated carbocycles. The van der Waals surface area contributed by atoms with Crippen LogP contribution in [0.2, 0.25) is 0 Å². The van der Waals surface area contributed by atoms with E-state index in [1.165, 1.54) is 6.26 Å². The molecule has 2 aromatic rings. The fraction of sp³-hybridized carbons (Fsp3) is 0.462. The van der Waals surface area contributed by atoms with E-state index in [-0.39, 0.29) is 11.2 Å². The van der Waals surface area contributed by atoms with Crippen molar-refractivity contribution in [2.24, 2.45) is 5.41 Å². The van der Waals surface area contributed by atoms with Crippen molar-refractivity contribution >= 4 is 27.0 Å². The number of benzene rings is 1. The molecule has 102 valence electrons. The fourth-order valence-electron chi connectivity index (χ4n) is 2.32. The molecular weight excluding hydrogens is 264 g/mol. The summed E-state index contributed by atoms with van der Waals surface area (Å²) in [4.78, 5) is 4.31. The van der Waals surface area contributed by atoms with Crippen LogP contribution in [-0.2, 0) is 9.84 Å². The molecule has 1 aliphatic rings. The summed E-state index contributed by atoms with van der Waals surface area (Å²) in [6.07, 6.45) is 3.16. The van der Waals surface area contributed by atoms with Gasteiger partial charge >= 0.3 is 0 Å². The van der Waals surface area contributed by atoms with Gasteiger partial charge < -0.3 is 9.73 Å². The number of nitrogens with one attached hydrogen (secondary N) is 1. The third-order valence-electron chi connectivity index (χ3n) is 3.43. The number of oxazole rings is 1. The number of sulfone groups is 1. The minimum Gasteiger partial charge on any atom is -0.424 e. The van der Waals surface area contributed by atoms with Crippen molar-refractivity contribution in [2.45, 2.75) is 12.8 Å². The summed E-state index contributed by atoms with van der Waals surface area (Å²) >= 11 is 0. The first-order chi connectivity index (χ1) is 8.96. The SMILES string of the molecule is CS(=O)(=O)CC1(CNc2nc3ccccc3o2)CC1. The molecule has 6 heteroatoms. The smallest absolute Gasteiger partial charge is 0.295 e. The quantitative estimate of drug-likeness (QED) is 0.907. The lowest BCUT2D eigenvalue weighted by Gasteiger charge is -2.13. The molecule has 0 amide bonds. The number of para-hydroxylation sites is 2. The topological polar surface area (TPSA) is 72.2 Å². The molecule has 19 heavy (non-hydrogen) atoms. The molecule has 0 aliphatic heterocycles. The molecule has 1 aromatic carbocycles. The zero-order valence-electron chi connectivity index (χ0n) is 10.7. The van der Waals surface area contributed by atoms with Gasteiger partial charge in [-0.05, 0) is 25.0 Å². The van der Waals surface area contributed by atoms with Gasteiger partial charge in [0.25, 0.3) is 6.01 Å². The van der Waals surface area contributed by atoms with Crippen LogP contribution in [0.5, 0.6) is 0 Å². The second kappa shape index (κ2) is 4.23. The highest BCUT2D eigenvalue weighted by Gasteiger charge is 2.45. The standard InChI is InChI=1S/C13H16N2O3S/c1-19(16,17)9-13(6-7-13)8-14-12-15-10-4-2-3-5-11(10)18-12/h2-5H,6-9H2,1H3,(H,14,15). The van der Waals surface area contributed by atoms with E-state index >= 15 is 0 Å². The Balaban J connectivity index is 1.69. The van der Waals surface area contributed by atoms with Crippen LogP contribution in [0.25, 0.3) is 11.1 Å². The van der Waals surface area contributed by atoms with E-state index in [1.807, 2.05) is 24.3 Å². The number of fused-ring (bicyclic) bond motifs is 1. The number of hydrogen-bond acceptors (Lipinski definition) is 5. The molecule has 0 spiro atoms. The Morgan fingerprint density at radius 3 is 2.74 bits per heavy atom. The molecule has 0 radical (unpaired) electrons. The van der Waals surface area contributed by atoms with Gasteiger partial charge in [0.1, 0.15) is 15.4 Å². The van der Waals surface area contributed by atoms with Crippen LogP contribution >= 0.6 is 0 Å². The Kier molecular flexibility index (Phi) is 2.78. The van der Waals surface area contributed by atoms with Crippen molar-refractivity contribution in [3.05, 3.63) is 24.3 Å². The summed E-state index contributed by atoms with van der Waals surface area (Å²) in [5.41, 5.74) is 1.41. The molecule has 1 N–H and O–H groups in total. The van der Waals surface area contributed by atoms with Crippen molar-refractivity contribution in [3.8, 4) is 0 Å². The van der Waals surface area contributed by atoms with Crippen LogP contribution in [0.4, 0.5) is 6.01 Å². The van der Waals surface area contributed by atoms with Gasteiger partial charge in [0, 0.05) is 18.2 Å². The predicted molar refractivity (Wildman–Crippen MR) is 73.9 cm³/mol. The van der Waals surface area contributed by atoms with E-state index in [0.29, 0.717) is 12.6 Å². The molecule has 0 bridgehead atoms. The maximum absolute atomic E-state index is 11.4. The molecule has 1 aromatic heterocycles. The molecule has 0 unspecified atom stereocenters. The van der Waals surface area contributed by atoms with E-state index in [9.17, 15) is 8.42 Å². The van der Waals surface area contributed by atoms with Crippen LogP contribution in [0.15, 0.2) is 28.7 Å². The van der Waals surface area contributed by atoms with Gasteiger partial charge in [-0.25, -0.2) is 8.42 Å². The van der Waals surface area contributed by atoms with Crippen LogP contribution in [0.1, 0.15) is 12.8 Å². The molecule has 1 aliphatic carbocycles. The first kappa shape index (κ1) is 12.5. The second-order valence-electron chi connectivity index (χ2n) is 5.41. The van der Waals surface area contributed by atoms with Gasteiger partial charge in [-0.15, -0.1) is 0 Å². The Labute approximate surface area is 111 Å². The van der Waals surface area contributed by atoms with E-state index in [4.69, 9.17) is 4.42 Å². The normalized spacial score (nSPS) is 17.5. The Morgan fingerprint density at radius 2 is 2.11 bits per heavy atom. The lowest BCUT2D eigenvalue weighted by Crippen LogP contribution is -2.24. The lowest BCUT2D eigenvalue weighted by molar-refractivity contribution is 0.547. The molecule has 5 nitrogen and oxygen atoms in total. The third-order valence-corrected chi connectivity index (χ3v) is 4.57. The maximum atomic E-state index is 11.4. The van der Waals surface area contributed by atoms with Crippen molar-refractivity contribution < 1.29 is 12.8 Å². The van der Waals surface area contributed by atoms with Gasteiger partial charge in [-0.3, -0.25) is 0 Å². The number of anilines is 1. The van der Waals surface area contributed by atoms with Crippen LogP contribution < -0.4 is 5.32 Å². The van der Waals surface area contributed by atoms with Crippen molar-refractivity contribution in [1.29, 1.82) is 0 Å². The monoisotopic (exact) mass is 280 g/mol. The van der Waals surface area contributed by atoms with E-state index in [0.717, 1.165) is 23.9 Å². The number of nitrogens with zero attached hydrogens (tertiary/aromatic N) is 1. The Hall–Kier alpha value is -1.56. The molecule has 3 rings (SSSR count). The summed E-state index contributed by atoms with van der Waals surface area (Å²) < 4.78 is 28.3. The largest absolute Gasteiger partial charge is 0.424 e. The van der Waals surface area contributed by atoms with E-state index < -0.39 is 9.84 Å². The van der Waals surface area contributed by atoms with Gasteiger partial charge in [0.05, 0.1) is 5.75 Å². The first-order valence-electron chi connectivity index (χ1n) is 6.23. The van der Waals surface area contributed by atoms with Crippen molar-refractivity contribution in [2.75, 3.05) is 23.9 Å². The van der Waals surface area contributed by atoms with E-state index in [1.54, 1.807) is 0 Å². The maximum Gasteiger partial charge on any atom is 0.295 e. The highest BCUT2D eigenvalue weighted by atomic mass is 32.2. The highest BCUT2D eigenvalue weighted by Crippen LogP contribution is 2.46. The zero-order chi connectivity index (χ0) is 13.5. The lowest BCUT2D eigenvalue weighted by atomic mass is 10.1. The van der Waals surface area contributed by atoms with E-state index in [2.05, 4.69) is 10.3 Å². The Bertz CT molecular complexity index is 669. The van der Waals surface area contributed by atoms with Gasteiger partial charge in [0.2, 0.25) is 0 Å². The second-order valence-corrected chi connectivity index (χ2v) is 7.55. The van der Waals surface area contributed by atoms with Gasteiger partial charge in [0.15, 0.2) is 5.58 Å². The molecule has 0 atom stereocenters. The minimum atomic E-state index is -2.94. The predicted octanol–water partition coefficient (Wildman–Crippen LogP) is 2.06. The number of rotatable bonds is 5. The minimum absolute atomic E-state index is 0.131. The fourth-order valence-corrected chi connectivity index (χ4v) is 3.82. The number of hydrogen-bond donors (Lipinski definition) is 1. The first-order valence-corrected chi connectivity index (χ1v) is 8.29. The molecular formula is C13H16N2O3S. The Morgan fingerprint density at radius 1 is 1.37 bits per heavy atom. The average Bonchev–Trinajstić information content (AvgIpc) is 2.94. The van der Waals surface area contributed by atoms with Gasteiger partial charge in [-0.1, -0.05) is 12.1 Å². The number of aromatic nitrogens is 1. The summed E-state index contributed by atoms with van der Waals surface area (Å²) in [6.45, 7) is 0.590. The summed E-state index contributed by atoms with van der Waals surface area (Å²) in [7, 11) is -2.94. The van der Waals surface area contributed by atoms with Crippen LogP contribution in [-0.4, -0.2) is 32.0 Å². The third kappa shape index (κ3) is 2.89. The summed E-state index contributed by atoms with van der Waals surface area (Å²) in [5, 5.41) is 3.12. The van der Waals surface area contributed by atoms with Gasteiger partial charge in [-0.2, -0.15) is 4.98 Å². The average molecular weight is 280 g/mol. The highest BCUT2D eigenvalue weighted by molar-refractivity contribution is 7.90. The van der Waals surface area contributed by atoms with Crippen molar-refractivity contribution in [1.82, 2.24) is 4.98 Å². The molecule has 0 saturated heterocycles. The molecule has 1 heterocycles.